The Labute approximate surface area is 206 Å². The van der Waals surface area contributed by atoms with Crippen LogP contribution in [0.15, 0.2) is 48.5 Å². The lowest BCUT2D eigenvalue weighted by atomic mass is 9.98. The van der Waals surface area contributed by atoms with E-state index >= 15 is 0 Å². The zero-order valence-corrected chi connectivity index (χ0v) is 20.3. The Balaban J connectivity index is 1.16. The molecule has 2 aliphatic carbocycles. The number of hydrogen-bond donors (Lipinski definition) is 3. The van der Waals surface area contributed by atoms with E-state index in [1.807, 2.05) is 31.2 Å². The van der Waals surface area contributed by atoms with Crippen LogP contribution in [-0.4, -0.2) is 42.3 Å². The van der Waals surface area contributed by atoms with E-state index in [1.165, 1.54) is 22.3 Å². The molecule has 7 nitrogen and oxygen atoms in total. The van der Waals surface area contributed by atoms with Gasteiger partial charge in [0.25, 0.3) is 0 Å². The van der Waals surface area contributed by atoms with Crippen molar-refractivity contribution in [3.63, 3.8) is 0 Å². The van der Waals surface area contributed by atoms with Crippen molar-refractivity contribution in [3.8, 4) is 11.1 Å². The van der Waals surface area contributed by atoms with Crippen LogP contribution in [0.3, 0.4) is 0 Å². The third-order valence-electron chi connectivity index (χ3n) is 7.20. The lowest BCUT2D eigenvalue weighted by Crippen LogP contribution is -2.35. The second-order valence-electron chi connectivity index (χ2n) is 9.89. The maximum atomic E-state index is 12.5. The first-order valence-corrected chi connectivity index (χ1v) is 12.5. The number of carboxylic acid groups (broad SMARTS) is 1. The maximum absolute atomic E-state index is 12.5. The molecule has 2 unspecified atom stereocenters. The normalized spacial score (nSPS) is 19.7. The fourth-order valence-electron chi connectivity index (χ4n) is 4.93. The summed E-state index contributed by atoms with van der Waals surface area (Å²) < 4.78 is 5.57. The molecule has 1 saturated carbocycles. The standard InChI is InChI=1S/C28H34N2O5/c1-17(27(32)33)8-7-9-18(2)30-26(31)24-14-19(24)15-29-28(34)35-16-25-22-12-5-3-10-20(22)21-11-4-6-13-23(21)25/h3-6,10-13,17-19,24-25H,7-9,14-16H2,1-2H3,(H,29,34)(H,30,31)(H,32,33)/t17?,18?,19-,24-/m0/s1. The summed E-state index contributed by atoms with van der Waals surface area (Å²) in [5.74, 6) is -1.10. The fourth-order valence-corrected chi connectivity index (χ4v) is 4.93. The molecular formula is C28H34N2O5. The van der Waals surface area contributed by atoms with E-state index in [0.29, 0.717) is 13.0 Å². The Morgan fingerprint density at radius 1 is 1.00 bits per heavy atom. The Bertz CT molecular complexity index is 1040. The quantitative estimate of drug-likeness (QED) is 0.439. The number of carbonyl (C=O) groups excluding carboxylic acids is 2. The number of nitrogens with one attached hydrogen (secondary N) is 2. The number of rotatable bonds is 11. The topological polar surface area (TPSA) is 105 Å². The third-order valence-corrected chi connectivity index (χ3v) is 7.20. The summed E-state index contributed by atoms with van der Waals surface area (Å²) in [5, 5.41) is 14.8. The second-order valence-corrected chi connectivity index (χ2v) is 9.89. The summed E-state index contributed by atoms with van der Waals surface area (Å²) in [6.45, 7) is 4.32. The van der Waals surface area contributed by atoms with Crippen LogP contribution in [0.1, 0.15) is 56.6 Å². The molecule has 2 aromatic carbocycles. The van der Waals surface area contributed by atoms with Crippen LogP contribution < -0.4 is 10.6 Å². The molecule has 3 N–H and O–H groups in total. The summed E-state index contributed by atoms with van der Waals surface area (Å²) in [6, 6.07) is 16.4. The van der Waals surface area contributed by atoms with Gasteiger partial charge in [0.1, 0.15) is 6.61 Å². The molecule has 1 fully saturated rings. The van der Waals surface area contributed by atoms with Crippen LogP contribution in [0.5, 0.6) is 0 Å². The fraction of sp³-hybridized carbons (Fsp3) is 0.464. The summed E-state index contributed by atoms with van der Waals surface area (Å²) >= 11 is 0. The van der Waals surface area contributed by atoms with E-state index in [2.05, 4.69) is 34.9 Å². The molecule has 2 amide bonds. The predicted molar refractivity (Wildman–Crippen MR) is 133 cm³/mol. The molecule has 7 heteroatoms. The molecule has 0 aliphatic heterocycles. The first-order chi connectivity index (χ1) is 16.8. The van der Waals surface area contributed by atoms with Crippen LogP contribution in [0.4, 0.5) is 4.79 Å². The van der Waals surface area contributed by atoms with Gasteiger partial charge < -0.3 is 20.5 Å². The molecule has 0 aromatic heterocycles. The molecule has 2 aliphatic rings. The first-order valence-electron chi connectivity index (χ1n) is 12.5. The molecule has 0 bridgehead atoms. The lowest BCUT2D eigenvalue weighted by Gasteiger charge is -2.15. The van der Waals surface area contributed by atoms with Crippen molar-refractivity contribution in [1.82, 2.24) is 10.6 Å². The van der Waals surface area contributed by atoms with E-state index in [0.717, 1.165) is 19.3 Å². The van der Waals surface area contributed by atoms with Gasteiger partial charge in [-0.15, -0.1) is 0 Å². The monoisotopic (exact) mass is 478 g/mol. The minimum Gasteiger partial charge on any atom is -0.481 e. The molecule has 0 saturated heterocycles. The predicted octanol–water partition coefficient (Wildman–Crippen LogP) is 4.56. The minimum absolute atomic E-state index is 0.000152. The molecule has 2 aromatic rings. The SMILES string of the molecule is CC(CCCC(C)C(=O)O)NC(=O)[C@H]1C[C@H]1CNC(=O)OCC1c2ccccc2-c2ccccc21. The number of hydrogen-bond acceptors (Lipinski definition) is 4. The number of aliphatic carboxylic acids is 1. The number of fused-ring (bicyclic) bond motifs is 3. The van der Waals surface area contributed by atoms with Gasteiger partial charge in [-0.2, -0.15) is 0 Å². The van der Waals surface area contributed by atoms with Gasteiger partial charge in [-0.3, -0.25) is 9.59 Å². The summed E-state index contributed by atoms with van der Waals surface area (Å²) in [5.41, 5.74) is 4.73. The number of amides is 2. The lowest BCUT2D eigenvalue weighted by molar-refractivity contribution is -0.141. The summed E-state index contributed by atoms with van der Waals surface area (Å²) in [7, 11) is 0. The van der Waals surface area contributed by atoms with Gasteiger partial charge >= 0.3 is 12.1 Å². The van der Waals surface area contributed by atoms with Crippen molar-refractivity contribution in [2.24, 2.45) is 17.8 Å². The second kappa shape index (κ2) is 10.9. The van der Waals surface area contributed by atoms with Gasteiger partial charge in [0.2, 0.25) is 5.91 Å². The van der Waals surface area contributed by atoms with Crippen LogP contribution in [-0.2, 0) is 14.3 Å². The highest BCUT2D eigenvalue weighted by molar-refractivity contribution is 5.82. The molecule has 4 atom stereocenters. The number of benzene rings is 2. The third kappa shape index (κ3) is 6.02. The maximum Gasteiger partial charge on any atom is 0.407 e. The molecule has 186 valence electrons. The van der Waals surface area contributed by atoms with Gasteiger partial charge in [-0.05, 0) is 54.4 Å². The molecule has 0 radical (unpaired) electrons. The Hall–Kier alpha value is -3.35. The molecule has 0 heterocycles. The highest BCUT2D eigenvalue weighted by Crippen LogP contribution is 2.44. The van der Waals surface area contributed by atoms with E-state index in [1.54, 1.807) is 6.92 Å². The molecular weight excluding hydrogens is 444 g/mol. The van der Waals surface area contributed by atoms with E-state index in [4.69, 9.17) is 9.84 Å². The summed E-state index contributed by atoms with van der Waals surface area (Å²) in [4.78, 5) is 35.7. The van der Waals surface area contributed by atoms with Crippen molar-refractivity contribution < 1.29 is 24.2 Å². The van der Waals surface area contributed by atoms with Crippen molar-refractivity contribution in [1.29, 1.82) is 0 Å². The van der Waals surface area contributed by atoms with Crippen molar-refractivity contribution in [2.45, 2.75) is 51.5 Å². The average Bonchev–Trinajstić information content (AvgIpc) is 3.56. The van der Waals surface area contributed by atoms with Crippen molar-refractivity contribution in [2.75, 3.05) is 13.2 Å². The Morgan fingerprint density at radius 2 is 1.63 bits per heavy atom. The van der Waals surface area contributed by atoms with Crippen molar-refractivity contribution >= 4 is 18.0 Å². The first kappa shape index (κ1) is 24.8. The molecule has 4 rings (SSSR count). The zero-order chi connectivity index (χ0) is 24.9. The van der Waals surface area contributed by atoms with Gasteiger partial charge in [0, 0.05) is 24.4 Å². The number of carboxylic acids is 1. The smallest absolute Gasteiger partial charge is 0.407 e. The number of alkyl carbamates (subject to hydrolysis) is 1. The van der Waals surface area contributed by atoms with Crippen molar-refractivity contribution in [3.05, 3.63) is 59.7 Å². The van der Waals surface area contributed by atoms with Crippen LogP contribution in [0, 0.1) is 17.8 Å². The Kier molecular flexibility index (Phi) is 7.73. The largest absolute Gasteiger partial charge is 0.481 e. The van der Waals surface area contributed by atoms with Gasteiger partial charge in [-0.25, -0.2) is 4.79 Å². The molecule has 35 heavy (non-hydrogen) atoms. The van der Waals surface area contributed by atoms with Crippen LogP contribution in [0.25, 0.3) is 11.1 Å². The highest BCUT2D eigenvalue weighted by Gasteiger charge is 2.43. The number of carbonyl (C=O) groups is 3. The van der Waals surface area contributed by atoms with Crippen LogP contribution in [0.2, 0.25) is 0 Å². The van der Waals surface area contributed by atoms with E-state index in [9.17, 15) is 14.4 Å². The van der Waals surface area contributed by atoms with Gasteiger partial charge in [-0.1, -0.05) is 61.9 Å². The van der Waals surface area contributed by atoms with Gasteiger partial charge in [0.05, 0.1) is 5.92 Å². The van der Waals surface area contributed by atoms with Gasteiger partial charge in [0.15, 0.2) is 0 Å². The number of ether oxygens (including phenoxy) is 1. The Morgan fingerprint density at radius 3 is 2.26 bits per heavy atom. The molecule has 0 spiro atoms. The van der Waals surface area contributed by atoms with Crippen LogP contribution >= 0.6 is 0 Å². The van der Waals surface area contributed by atoms with E-state index in [-0.39, 0.29) is 42.2 Å². The van der Waals surface area contributed by atoms with E-state index < -0.39 is 12.1 Å². The highest BCUT2D eigenvalue weighted by atomic mass is 16.5. The summed E-state index contributed by atoms with van der Waals surface area (Å²) in [6.07, 6.45) is 2.40. The zero-order valence-electron chi connectivity index (χ0n) is 20.3. The average molecular weight is 479 g/mol. The minimum atomic E-state index is -0.786.